The van der Waals surface area contributed by atoms with E-state index in [2.05, 4.69) is 10.2 Å². The molecule has 7 nitrogen and oxygen atoms in total. The molecule has 2 aliphatic rings. The third-order valence-corrected chi connectivity index (χ3v) is 4.67. The van der Waals surface area contributed by atoms with Crippen LogP contribution < -0.4 is 0 Å². The van der Waals surface area contributed by atoms with Gasteiger partial charge >= 0.3 is 11.8 Å². The third kappa shape index (κ3) is 2.79. The van der Waals surface area contributed by atoms with E-state index >= 15 is 0 Å². The SMILES string of the molecule is O=C(c1nnc(-c2ccccc2Cl)o1)N1CCC2(CC1)OCCO2. The molecule has 1 aromatic carbocycles. The van der Waals surface area contributed by atoms with Gasteiger partial charge < -0.3 is 18.8 Å². The van der Waals surface area contributed by atoms with Crippen molar-refractivity contribution in [2.24, 2.45) is 0 Å². The Balaban J connectivity index is 1.47. The molecule has 0 atom stereocenters. The first-order valence-electron chi connectivity index (χ1n) is 7.82. The molecule has 0 aliphatic carbocycles. The Kier molecular flexibility index (Phi) is 3.99. The minimum absolute atomic E-state index is 0.0332. The Labute approximate surface area is 143 Å². The van der Waals surface area contributed by atoms with Crippen molar-refractivity contribution in [1.82, 2.24) is 15.1 Å². The smallest absolute Gasteiger partial charge is 0.311 e. The average molecular weight is 350 g/mol. The molecule has 1 spiro atoms. The van der Waals surface area contributed by atoms with Crippen LogP contribution in [0.5, 0.6) is 0 Å². The lowest BCUT2D eigenvalue weighted by Crippen LogP contribution is -2.47. The number of hydrogen-bond acceptors (Lipinski definition) is 6. The molecule has 126 valence electrons. The van der Waals surface area contributed by atoms with Crippen molar-refractivity contribution in [2.45, 2.75) is 18.6 Å². The van der Waals surface area contributed by atoms with Crippen LogP contribution in [0.4, 0.5) is 0 Å². The number of carbonyl (C=O) groups is 1. The van der Waals surface area contributed by atoms with Crippen LogP contribution in [0.3, 0.4) is 0 Å². The van der Waals surface area contributed by atoms with Gasteiger partial charge in [0, 0.05) is 25.9 Å². The number of ether oxygens (including phenoxy) is 2. The summed E-state index contributed by atoms with van der Waals surface area (Å²) in [4.78, 5) is 14.2. The van der Waals surface area contributed by atoms with Crippen molar-refractivity contribution in [3.63, 3.8) is 0 Å². The second kappa shape index (κ2) is 6.16. The van der Waals surface area contributed by atoms with Crippen LogP contribution in [0.25, 0.3) is 11.5 Å². The summed E-state index contributed by atoms with van der Waals surface area (Å²) in [6.45, 7) is 2.28. The van der Waals surface area contributed by atoms with Crippen LogP contribution >= 0.6 is 11.6 Å². The Bertz CT molecular complexity index is 747. The predicted octanol–water partition coefficient (Wildman–Crippen LogP) is 2.37. The van der Waals surface area contributed by atoms with Gasteiger partial charge in [0.2, 0.25) is 5.89 Å². The summed E-state index contributed by atoms with van der Waals surface area (Å²) in [7, 11) is 0. The third-order valence-electron chi connectivity index (χ3n) is 4.34. The minimum Gasteiger partial charge on any atom is -0.412 e. The fourth-order valence-electron chi connectivity index (χ4n) is 3.02. The van der Waals surface area contributed by atoms with Crippen LogP contribution in [0.2, 0.25) is 5.02 Å². The molecule has 0 saturated carbocycles. The van der Waals surface area contributed by atoms with Gasteiger partial charge in [-0.25, -0.2) is 0 Å². The maximum Gasteiger partial charge on any atom is 0.311 e. The van der Waals surface area contributed by atoms with Crippen LogP contribution in [-0.2, 0) is 9.47 Å². The van der Waals surface area contributed by atoms with Gasteiger partial charge in [0.15, 0.2) is 5.79 Å². The van der Waals surface area contributed by atoms with Gasteiger partial charge in [0.1, 0.15) is 0 Å². The van der Waals surface area contributed by atoms with Crippen LogP contribution in [-0.4, -0.2) is 53.1 Å². The van der Waals surface area contributed by atoms with E-state index in [0.29, 0.717) is 49.7 Å². The van der Waals surface area contributed by atoms with E-state index in [4.69, 9.17) is 25.5 Å². The summed E-state index contributed by atoms with van der Waals surface area (Å²) in [5.41, 5.74) is 0.607. The zero-order chi connectivity index (χ0) is 16.6. The molecule has 3 heterocycles. The molecule has 1 amide bonds. The van der Waals surface area contributed by atoms with Gasteiger partial charge in [0.05, 0.1) is 23.8 Å². The molecule has 4 rings (SSSR count). The van der Waals surface area contributed by atoms with E-state index in [1.54, 1.807) is 17.0 Å². The molecule has 8 heteroatoms. The van der Waals surface area contributed by atoms with Crippen molar-refractivity contribution in [3.05, 3.63) is 35.2 Å². The molecule has 1 aromatic heterocycles. The van der Waals surface area contributed by atoms with E-state index in [1.165, 1.54) is 0 Å². The topological polar surface area (TPSA) is 77.7 Å². The second-order valence-electron chi connectivity index (χ2n) is 5.79. The highest BCUT2D eigenvalue weighted by Gasteiger charge is 2.41. The van der Waals surface area contributed by atoms with Gasteiger partial charge in [-0.1, -0.05) is 23.7 Å². The maximum atomic E-state index is 12.5. The number of carbonyl (C=O) groups excluding carboxylic acids is 1. The molecular formula is C16H16ClN3O4. The second-order valence-corrected chi connectivity index (χ2v) is 6.20. The highest BCUT2D eigenvalue weighted by Crippen LogP contribution is 2.32. The Morgan fingerprint density at radius 3 is 2.54 bits per heavy atom. The first-order chi connectivity index (χ1) is 11.7. The normalized spacial score (nSPS) is 19.8. The summed E-state index contributed by atoms with van der Waals surface area (Å²) in [5, 5.41) is 8.30. The number of amides is 1. The quantitative estimate of drug-likeness (QED) is 0.828. The maximum absolute atomic E-state index is 12.5. The fraction of sp³-hybridized carbons (Fsp3) is 0.438. The first-order valence-corrected chi connectivity index (χ1v) is 8.20. The highest BCUT2D eigenvalue weighted by atomic mass is 35.5. The number of aromatic nitrogens is 2. The molecular weight excluding hydrogens is 334 g/mol. The summed E-state index contributed by atoms with van der Waals surface area (Å²) in [6, 6.07) is 7.13. The molecule has 2 aromatic rings. The zero-order valence-electron chi connectivity index (χ0n) is 12.9. The Hall–Kier alpha value is -1.96. The van der Waals surface area contributed by atoms with Crippen LogP contribution in [0, 0.1) is 0 Å². The zero-order valence-corrected chi connectivity index (χ0v) is 13.7. The fourth-order valence-corrected chi connectivity index (χ4v) is 3.24. The van der Waals surface area contributed by atoms with Gasteiger partial charge in [-0.2, -0.15) is 0 Å². The predicted molar refractivity (Wildman–Crippen MR) is 84.5 cm³/mol. The summed E-state index contributed by atoms with van der Waals surface area (Å²) in [6.07, 6.45) is 1.29. The van der Waals surface area contributed by atoms with Gasteiger partial charge in [0.25, 0.3) is 0 Å². The monoisotopic (exact) mass is 349 g/mol. The van der Waals surface area contributed by atoms with E-state index in [9.17, 15) is 4.79 Å². The summed E-state index contributed by atoms with van der Waals surface area (Å²) < 4.78 is 16.9. The number of rotatable bonds is 2. The number of nitrogens with zero attached hydrogens (tertiary/aromatic N) is 3. The molecule has 0 N–H and O–H groups in total. The molecule has 0 unspecified atom stereocenters. The number of hydrogen-bond donors (Lipinski definition) is 0. The van der Waals surface area contributed by atoms with E-state index < -0.39 is 5.79 Å². The molecule has 2 saturated heterocycles. The van der Waals surface area contributed by atoms with Crippen molar-refractivity contribution in [3.8, 4) is 11.5 Å². The lowest BCUT2D eigenvalue weighted by atomic mass is 10.0. The first kappa shape index (κ1) is 15.6. The lowest BCUT2D eigenvalue weighted by Gasteiger charge is -2.36. The van der Waals surface area contributed by atoms with Gasteiger partial charge in [-0.15, -0.1) is 10.2 Å². The van der Waals surface area contributed by atoms with Gasteiger partial charge in [-0.05, 0) is 12.1 Å². The highest BCUT2D eigenvalue weighted by molar-refractivity contribution is 6.33. The summed E-state index contributed by atoms with van der Waals surface area (Å²) in [5.74, 6) is -0.600. The lowest BCUT2D eigenvalue weighted by molar-refractivity contribution is -0.181. The van der Waals surface area contributed by atoms with Crippen molar-refractivity contribution < 1.29 is 18.7 Å². The largest absolute Gasteiger partial charge is 0.412 e. The minimum atomic E-state index is -0.519. The van der Waals surface area contributed by atoms with Crippen molar-refractivity contribution in [1.29, 1.82) is 0 Å². The number of piperidine rings is 1. The van der Waals surface area contributed by atoms with Crippen molar-refractivity contribution in [2.75, 3.05) is 26.3 Å². The molecule has 0 radical (unpaired) electrons. The molecule has 24 heavy (non-hydrogen) atoms. The number of benzene rings is 1. The van der Waals surface area contributed by atoms with E-state index in [-0.39, 0.29) is 17.7 Å². The van der Waals surface area contributed by atoms with Crippen molar-refractivity contribution >= 4 is 17.5 Å². The number of halogens is 1. The molecule has 2 fully saturated rings. The Morgan fingerprint density at radius 1 is 1.12 bits per heavy atom. The molecule has 2 aliphatic heterocycles. The standard InChI is InChI=1S/C16H16ClN3O4/c17-12-4-2-1-3-11(12)13-18-19-14(24-13)15(21)20-7-5-16(6-8-20)22-9-10-23-16/h1-4H,5-10H2. The number of likely N-dealkylation sites (tertiary alicyclic amines) is 1. The van der Waals surface area contributed by atoms with Gasteiger partial charge in [-0.3, -0.25) is 4.79 Å². The molecule has 0 bridgehead atoms. The van der Waals surface area contributed by atoms with Crippen LogP contribution in [0.15, 0.2) is 28.7 Å². The average Bonchev–Trinajstić information content (AvgIpc) is 3.26. The summed E-state index contributed by atoms with van der Waals surface area (Å²) >= 11 is 6.11. The van der Waals surface area contributed by atoms with Crippen LogP contribution in [0.1, 0.15) is 23.5 Å². The van der Waals surface area contributed by atoms with E-state index in [0.717, 1.165) is 0 Å². The van der Waals surface area contributed by atoms with E-state index in [1.807, 2.05) is 12.1 Å². The Morgan fingerprint density at radius 2 is 1.83 bits per heavy atom.